The minimum absolute atomic E-state index is 0.124. The van der Waals surface area contributed by atoms with Crippen LogP contribution in [0.25, 0.3) is 11.4 Å². The molecule has 4 aromatic rings. The lowest BCUT2D eigenvalue weighted by atomic mass is 10.2. The van der Waals surface area contributed by atoms with Crippen LogP contribution in [0.15, 0.2) is 73.2 Å². The Morgan fingerprint density at radius 1 is 0.900 bits per heavy atom. The summed E-state index contributed by atoms with van der Waals surface area (Å²) in [5.74, 6) is 1.80. The van der Waals surface area contributed by atoms with E-state index in [1.165, 1.54) is 12.3 Å². The molecule has 0 bridgehead atoms. The van der Waals surface area contributed by atoms with Gasteiger partial charge in [0, 0.05) is 48.0 Å². The van der Waals surface area contributed by atoms with Crippen molar-refractivity contribution in [2.45, 2.75) is 6.92 Å². The molecule has 30 heavy (non-hydrogen) atoms. The fourth-order valence-corrected chi connectivity index (χ4v) is 2.68. The molecule has 0 atom stereocenters. The lowest BCUT2D eigenvalue weighted by Gasteiger charge is -2.10. The van der Waals surface area contributed by atoms with E-state index < -0.39 is 5.91 Å². The first-order chi connectivity index (χ1) is 14.6. The van der Waals surface area contributed by atoms with E-state index in [2.05, 4.69) is 19.9 Å². The van der Waals surface area contributed by atoms with Gasteiger partial charge in [0.2, 0.25) is 5.88 Å². The average Bonchev–Trinajstić information content (AvgIpc) is 2.74. The molecule has 1 amide bonds. The summed E-state index contributed by atoms with van der Waals surface area (Å²) in [6, 6.07) is 15.6. The molecule has 3 heterocycles. The van der Waals surface area contributed by atoms with E-state index in [0.717, 1.165) is 11.3 Å². The summed E-state index contributed by atoms with van der Waals surface area (Å²) in [5, 5.41) is 0. The van der Waals surface area contributed by atoms with Crippen LogP contribution in [-0.2, 0) is 0 Å². The van der Waals surface area contributed by atoms with Crippen molar-refractivity contribution in [3.63, 3.8) is 0 Å². The summed E-state index contributed by atoms with van der Waals surface area (Å²) in [4.78, 5) is 28.2. The molecule has 148 valence electrons. The van der Waals surface area contributed by atoms with Crippen LogP contribution >= 0.6 is 0 Å². The van der Waals surface area contributed by atoms with Crippen molar-refractivity contribution in [2.24, 2.45) is 5.73 Å². The number of aryl methyl sites for hydroxylation is 1. The molecular formula is C22H17N5O3. The summed E-state index contributed by atoms with van der Waals surface area (Å²) in [5.41, 5.74) is 6.95. The zero-order valence-electron chi connectivity index (χ0n) is 16.0. The Hall–Kier alpha value is -4.33. The van der Waals surface area contributed by atoms with Crippen molar-refractivity contribution in [3.05, 3.63) is 84.6 Å². The number of nitrogens with zero attached hydrogens (tertiary/aromatic N) is 4. The molecule has 0 aliphatic carbocycles. The molecule has 0 radical (unpaired) electrons. The van der Waals surface area contributed by atoms with Crippen LogP contribution in [0.4, 0.5) is 0 Å². The normalized spacial score (nSPS) is 10.4. The zero-order valence-corrected chi connectivity index (χ0v) is 16.0. The number of rotatable bonds is 6. The van der Waals surface area contributed by atoms with Crippen molar-refractivity contribution < 1.29 is 14.3 Å². The van der Waals surface area contributed by atoms with Gasteiger partial charge in [0.15, 0.2) is 5.82 Å². The first-order valence-electron chi connectivity index (χ1n) is 9.04. The molecule has 0 saturated carbocycles. The Bertz CT molecular complexity index is 1200. The van der Waals surface area contributed by atoms with E-state index in [9.17, 15) is 4.79 Å². The highest BCUT2D eigenvalue weighted by Gasteiger charge is 2.09. The first kappa shape index (κ1) is 19.0. The predicted octanol–water partition coefficient (Wildman–Crippen LogP) is 3.93. The molecule has 0 spiro atoms. The van der Waals surface area contributed by atoms with Crippen LogP contribution in [-0.4, -0.2) is 25.8 Å². The number of carbonyl (C=O) groups is 1. The summed E-state index contributed by atoms with van der Waals surface area (Å²) in [6.07, 6.45) is 4.85. The van der Waals surface area contributed by atoms with E-state index >= 15 is 0 Å². The SMILES string of the molecule is Cc1cc(Oc2cccc(Oc3ccnc(C(N)=O)c3)c2)nc(-c2cccnc2)n1. The van der Waals surface area contributed by atoms with Gasteiger partial charge in [-0.1, -0.05) is 6.07 Å². The standard InChI is InChI=1S/C22H17N5O3/c1-14-10-20(27-22(26-14)15-4-3-8-24-13-15)30-17-6-2-5-16(11-17)29-18-7-9-25-19(12-18)21(23)28/h2-13H,1H3,(H2,23,28). The van der Waals surface area contributed by atoms with Gasteiger partial charge in [-0.15, -0.1) is 0 Å². The van der Waals surface area contributed by atoms with Crippen LogP contribution < -0.4 is 15.2 Å². The summed E-state index contributed by atoms with van der Waals surface area (Å²) in [6.45, 7) is 1.87. The Morgan fingerprint density at radius 3 is 2.47 bits per heavy atom. The number of pyridine rings is 2. The van der Waals surface area contributed by atoms with Gasteiger partial charge >= 0.3 is 0 Å². The number of nitrogens with two attached hydrogens (primary N) is 1. The lowest BCUT2D eigenvalue weighted by molar-refractivity contribution is 0.0995. The summed E-state index contributed by atoms with van der Waals surface area (Å²) < 4.78 is 11.7. The molecule has 3 aromatic heterocycles. The molecule has 0 fully saturated rings. The van der Waals surface area contributed by atoms with Gasteiger partial charge in [-0.2, -0.15) is 4.98 Å². The predicted molar refractivity (Wildman–Crippen MR) is 109 cm³/mol. The van der Waals surface area contributed by atoms with Gasteiger partial charge in [-0.3, -0.25) is 14.8 Å². The van der Waals surface area contributed by atoms with E-state index in [4.69, 9.17) is 15.2 Å². The molecule has 0 aliphatic rings. The van der Waals surface area contributed by atoms with Crippen molar-refractivity contribution >= 4 is 5.91 Å². The third-order valence-corrected chi connectivity index (χ3v) is 4.00. The number of carbonyl (C=O) groups excluding carboxylic acids is 1. The highest BCUT2D eigenvalue weighted by Crippen LogP contribution is 2.28. The highest BCUT2D eigenvalue weighted by atomic mass is 16.5. The molecule has 0 saturated heterocycles. The van der Waals surface area contributed by atoms with E-state index in [-0.39, 0.29) is 5.69 Å². The summed E-state index contributed by atoms with van der Waals surface area (Å²) in [7, 11) is 0. The highest BCUT2D eigenvalue weighted by molar-refractivity contribution is 5.91. The van der Waals surface area contributed by atoms with Crippen LogP contribution in [0.3, 0.4) is 0 Å². The maximum Gasteiger partial charge on any atom is 0.267 e. The fourth-order valence-electron chi connectivity index (χ4n) is 2.68. The zero-order chi connectivity index (χ0) is 20.9. The van der Waals surface area contributed by atoms with Gasteiger partial charge < -0.3 is 15.2 Å². The summed E-state index contributed by atoms with van der Waals surface area (Å²) >= 11 is 0. The molecule has 2 N–H and O–H groups in total. The smallest absolute Gasteiger partial charge is 0.267 e. The third kappa shape index (κ3) is 4.56. The third-order valence-electron chi connectivity index (χ3n) is 4.00. The molecule has 8 heteroatoms. The monoisotopic (exact) mass is 399 g/mol. The Morgan fingerprint density at radius 2 is 1.70 bits per heavy atom. The van der Waals surface area contributed by atoms with Crippen molar-refractivity contribution in [2.75, 3.05) is 0 Å². The van der Waals surface area contributed by atoms with Crippen molar-refractivity contribution in [3.8, 4) is 34.5 Å². The first-order valence-corrected chi connectivity index (χ1v) is 9.04. The number of hydrogen-bond acceptors (Lipinski definition) is 7. The number of hydrogen-bond donors (Lipinski definition) is 1. The van der Waals surface area contributed by atoms with Crippen molar-refractivity contribution in [1.82, 2.24) is 19.9 Å². The fraction of sp³-hybridized carbons (Fsp3) is 0.0455. The number of benzene rings is 1. The largest absolute Gasteiger partial charge is 0.457 e. The Kier molecular flexibility index (Phi) is 5.29. The minimum atomic E-state index is -0.624. The Labute approximate surface area is 172 Å². The lowest BCUT2D eigenvalue weighted by Crippen LogP contribution is -2.12. The van der Waals surface area contributed by atoms with Crippen LogP contribution in [0.2, 0.25) is 0 Å². The molecule has 0 aliphatic heterocycles. The van der Waals surface area contributed by atoms with Gasteiger partial charge in [0.05, 0.1) is 0 Å². The maximum atomic E-state index is 11.3. The van der Waals surface area contributed by atoms with Crippen LogP contribution in [0.1, 0.15) is 16.2 Å². The second kappa shape index (κ2) is 8.36. The average molecular weight is 399 g/mol. The number of ether oxygens (including phenoxy) is 2. The quantitative estimate of drug-likeness (QED) is 0.523. The van der Waals surface area contributed by atoms with E-state index in [0.29, 0.717) is 29.0 Å². The number of amides is 1. The second-order valence-electron chi connectivity index (χ2n) is 6.33. The minimum Gasteiger partial charge on any atom is -0.457 e. The second-order valence-corrected chi connectivity index (χ2v) is 6.33. The van der Waals surface area contributed by atoms with Crippen LogP contribution in [0, 0.1) is 6.92 Å². The van der Waals surface area contributed by atoms with Gasteiger partial charge in [0.1, 0.15) is 22.9 Å². The molecule has 0 unspecified atom stereocenters. The maximum absolute atomic E-state index is 11.3. The molecule has 4 rings (SSSR count). The van der Waals surface area contributed by atoms with Crippen LogP contribution in [0.5, 0.6) is 23.1 Å². The Balaban J connectivity index is 1.56. The molecule has 8 nitrogen and oxygen atoms in total. The van der Waals surface area contributed by atoms with E-state index in [1.807, 2.05) is 19.1 Å². The van der Waals surface area contributed by atoms with Gasteiger partial charge in [0.25, 0.3) is 5.91 Å². The molecule has 1 aromatic carbocycles. The van der Waals surface area contributed by atoms with Crippen molar-refractivity contribution in [1.29, 1.82) is 0 Å². The number of aromatic nitrogens is 4. The topological polar surface area (TPSA) is 113 Å². The molecular weight excluding hydrogens is 382 g/mol. The van der Waals surface area contributed by atoms with Gasteiger partial charge in [-0.05, 0) is 37.3 Å². The van der Waals surface area contributed by atoms with E-state index in [1.54, 1.807) is 48.8 Å². The number of primary amides is 1. The van der Waals surface area contributed by atoms with Gasteiger partial charge in [-0.25, -0.2) is 4.98 Å².